The van der Waals surface area contributed by atoms with Crippen LogP contribution in [0.25, 0.3) is 0 Å². The van der Waals surface area contributed by atoms with Gasteiger partial charge in [-0.1, -0.05) is 106 Å². The predicted octanol–water partition coefficient (Wildman–Crippen LogP) is 5.31. The summed E-state index contributed by atoms with van der Waals surface area (Å²) in [6, 6.07) is 28.4. The van der Waals surface area contributed by atoms with Crippen molar-refractivity contribution in [3.63, 3.8) is 0 Å². The Hall–Kier alpha value is -2.50. The van der Waals surface area contributed by atoms with Gasteiger partial charge in [0.15, 0.2) is 5.72 Å². The van der Waals surface area contributed by atoms with Crippen LogP contribution >= 0.6 is 0 Å². The summed E-state index contributed by atoms with van der Waals surface area (Å²) in [4.78, 5) is 4.64. The highest BCUT2D eigenvalue weighted by atomic mass is 16.3. The van der Waals surface area contributed by atoms with Gasteiger partial charge in [-0.3, -0.25) is 4.90 Å². The maximum Gasteiger partial charge on any atom is 0.171 e. The molecule has 2 N–H and O–H groups in total. The van der Waals surface area contributed by atoms with Crippen molar-refractivity contribution in [2.75, 3.05) is 32.7 Å². The van der Waals surface area contributed by atoms with Crippen LogP contribution in [0.15, 0.2) is 84.9 Å². The van der Waals surface area contributed by atoms with Gasteiger partial charge in [0.05, 0.1) is 6.10 Å². The highest BCUT2D eigenvalue weighted by Crippen LogP contribution is 2.34. The Labute approximate surface area is 210 Å². The molecule has 1 aliphatic heterocycles. The molecule has 0 saturated carbocycles. The number of rotatable bonds is 8. The van der Waals surface area contributed by atoms with Gasteiger partial charge >= 0.3 is 0 Å². The Bertz CT molecular complexity index is 997. The summed E-state index contributed by atoms with van der Waals surface area (Å²) >= 11 is 0. The minimum Gasteiger partial charge on any atom is -0.388 e. The number of hydrogen-bond acceptors (Lipinski definition) is 4. The summed E-state index contributed by atoms with van der Waals surface area (Å²) in [6.45, 7) is 11.0. The molecule has 3 aromatic carbocycles. The second-order valence-electron chi connectivity index (χ2n) is 10.8. The Morgan fingerprint density at radius 3 is 1.71 bits per heavy atom. The van der Waals surface area contributed by atoms with Crippen LogP contribution < -0.4 is 0 Å². The van der Waals surface area contributed by atoms with E-state index in [-0.39, 0.29) is 5.41 Å². The van der Waals surface area contributed by atoms with E-state index in [2.05, 4.69) is 54.8 Å². The molecule has 4 nitrogen and oxygen atoms in total. The van der Waals surface area contributed by atoms with E-state index < -0.39 is 11.8 Å². The zero-order chi connectivity index (χ0) is 24.9. The predicted molar refractivity (Wildman–Crippen MR) is 143 cm³/mol. The number of nitrogens with zero attached hydrogens (tertiary/aromatic N) is 2. The van der Waals surface area contributed by atoms with Crippen molar-refractivity contribution in [2.45, 2.75) is 50.9 Å². The zero-order valence-electron chi connectivity index (χ0n) is 21.4. The summed E-state index contributed by atoms with van der Waals surface area (Å²) in [7, 11) is 0. The van der Waals surface area contributed by atoms with Crippen LogP contribution in [0.2, 0.25) is 0 Å². The molecule has 35 heavy (non-hydrogen) atoms. The van der Waals surface area contributed by atoms with Gasteiger partial charge in [-0.2, -0.15) is 0 Å². The van der Waals surface area contributed by atoms with Gasteiger partial charge in [-0.25, -0.2) is 0 Å². The minimum atomic E-state index is -1.13. The second-order valence-corrected chi connectivity index (χ2v) is 10.8. The largest absolute Gasteiger partial charge is 0.388 e. The maximum absolute atomic E-state index is 12.0. The highest BCUT2D eigenvalue weighted by molar-refractivity contribution is 5.35. The normalized spacial score (nSPS) is 16.8. The minimum absolute atomic E-state index is 0.124. The van der Waals surface area contributed by atoms with Gasteiger partial charge < -0.3 is 15.1 Å². The molecule has 0 unspecified atom stereocenters. The van der Waals surface area contributed by atoms with Crippen LogP contribution in [0.4, 0.5) is 0 Å². The molecule has 3 aromatic rings. The first kappa shape index (κ1) is 25.6. The third kappa shape index (κ3) is 6.02. The second kappa shape index (κ2) is 11.0. The van der Waals surface area contributed by atoms with Crippen LogP contribution in [0.1, 0.15) is 62.0 Å². The van der Waals surface area contributed by atoms with Crippen LogP contribution in [0.3, 0.4) is 0 Å². The van der Waals surface area contributed by atoms with E-state index in [0.717, 1.165) is 62.3 Å². The molecular weight excluding hydrogens is 432 g/mol. The molecule has 0 radical (unpaired) electrons. The Morgan fingerprint density at radius 2 is 1.23 bits per heavy atom. The van der Waals surface area contributed by atoms with Crippen LogP contribution in [0.5, 0.6) is 0 Å². The first-order valence-corrected chi connectivity index (χ1v) is 12.9. The van der Waals surface area contributed by atoms with Crippen molar-refractivity contribution in [2.24, 2.45) is 0 Å². The molecule has 0 aliphatic carbocycles. The molecule has 1 saturated heterocycles. The monoisotopic (exact) mass is 472 g/mol. The van der Waals surface area contributed by atoms with Gasteiger partial charge in [0.1, 0.15) is 0 Å². The molecule has 1 atom stereocenters. The van der Waals surface area contributed by atoms with E-state index in [9.17, 15) is 10.2 Å². The third-order valence-corrected chi connectivity index (χ3v) is 7.30. The van der Waals surface area contributed by atoms with Crippen molar-refractivity contribution in [3.05, 3.63) is 107 Å². The van der Waals surface area contributed by atoms with Crippen LogP contribution in [-0.4, -0.2) is 52.7 Å². The molecule has 1 fully saturated rings. The zero-order valence-corrected chi connectivity index (χ0v) is 21.4. The molecule has 1 aliphatic rings. The van der Waals surface area contributed by atoms with Crippen molar-refractivity contribution < 1.29 is 10.2 Å². The number of hydrogen-bond donors (Lipinski definition) is 2. The van der Waals surface area contributed by atoms with Crippen molar-refractivity contribution in [1.82, 2.24) is 9.80 Å². The highest BCUT2D eigenvalue weighted by Gasteiger charge is 2.39. The number of aliphatic hydroxyl groups is 2. The molecule has 4 rings (SSSR count). The lowest BCUT2D eigenvalue weighted by atomic mass is 9.86. The van der Waals surface area contributed by atoms with Gasteiger partial charge in [0.2, 0.25) is 0 Å². The van der Waals surface area contributed by atoms with Crippen molar-refractivity contribution >= 4 is 0 Å². The summed E-state index contributed by atoms with van der Waals surface area (Å²) in [5.74, 6) is 0. The summed E-state index contributed by atoms with van der Waals surface area (Å²) in [6.07, 6.45) is 1.28. The van der Waals surface area contributed by atoms with E-state index in [4.69, 9.17) is 0 Å². The van der Waals surface area contributed by atoms with Gasteiger partial charge in [-0.05, 0) is 35.9 Å². The summed E-state index contributed by atoms with van der Waals surface area (Å²) in [5.41, 5.74) is 3.08. The van der Waals surface area contributed by atoms with Gasteiger partial charge in [-0.15, -0.1) is 0 Å². The lowest BCUT2D eigenvalue weighted by molar-refractivity contribution is -0.0994. The van der Waals surface area contributed by atoms with E-state index in [1.54, 1.807) is 0 Å². The molecule has 0 bridgehead atoms. The van der Waals surface area contributed by atoms with E-state index in [1.807, 2.05) is 60.7 Å². The van der Waals surface area contributed by atoms with E-state index in [0.29, 0.717) is 0 Å². The fourth-order valence-electron chi connectivity index (χ4n) is 5.05. The number of piperazine rings is 1. The Kier molecular flexibility index (Phi) is 8.08. The first-order chi connectivity index (χ1) is 16.8. The lowest BCUT2D eigenvalue weighted by Crippen LogP contribution is -2.56. The van der Waals surface area contributed by atoms with Gasteiger partial charge in [0, 0.05) is 37.3 Å². The first-order valence-electron chi connectivity index (χ1n) is 12.9. The number of aliphatic hydroxyl groups excluding tert-OH is 1. The van der Waals surface area contributed by atoms with Crippen molar-refractivity contribution in [3.8, 4) is 0 Å². The SMILES string of the molecule is CC(C)(C)c1ccc([C@@H](O)CCCN2CCN(C(O)(c3ccccc3)c3ccccc3)CC2)cc1. The van der Waals surface area contributed by atoms with Gasteiger partial charge in [0.25, 0.3) is 0 Å². The van der Waals surface area contributed by atoms with E-state index >= 15 is 0 Å². The fraction of sp³-hybridized carbons (Fsp3) is 0.419. The van der Waals surface area contributed by atoms with Crippen LogP contribution in [0, 0.1) is 0 Å². The smallest absolute Gasteiger partial charge is 0.171 e. The number of benzene rings is 3. The molecule has 4 heteroatoms. The molecule has 1 heterocycles. The third-order valence-electron chi connectivity index (χ3n) is 7.30. The average Bonchev–Trinajstić information content (AvgIpc) is 2.89. The quantitative estimate of drug-likeness (QED) is 0.467. The summed E-state index contributed by atoms with van der Waals surface area (Å²) < 4.78 is 0. The van der Waals surface area contributed by atoms with Crippen molar-refractivity contribution in [1.29, 1.82) is 0 Å². The molecule has 0 aromatic heterocycles. The molecule has 0 spiro atoms. The molecule has 186 valence electrons. The molecular formula is C31H40N2O2. The maximum atomic E-state index is 12.0. The Morgan fingerprint density at radius 1 is 0.714 bits per heavy atom. The summed E-state index contributed by atoms with van der Waals surface area (Å²) in [5, 5.41) is 22.7. The standard InChI is InChI=1S/C31H40N2O2/c1-30(2,3)26-18-16-25(17-19-26)29(34)15-10-20-32-21-23-33(24-22-32)31(35,27-11-6-4-7-12-27)28-13-8-5-9-14-28/h4-9,11-14,16-19,29,34-35H,10,15,20-24H2,1-3H3/t29-/m0/s1. The average molecular weight is 473 g/mol. The van der Waals surface area contributed by atoms with Crippen LogP contribution in [-0.2, 0) is 11.1 Å². The Balaban J connectivity index is 1.32. The fourth-order valence-corrected chi connectivity index (χ4v) is 5.05. The topological polar surface area (TPSA) is 46.9 Å². The van der Waals surface area contributed by atoms with E-state index in [1.165, 1.54) is 5.56 Å². The molecule has 0 amide bonds. The lowest BCUT2D eigenvalue weighted by Gasteiger charge is -2.45.